The van der Waals surface area contributed by atoms with Crippen LogP contribution in [0.3, 0.4) is 0 Å². The molecule has 0 radical (unpaired) electrons. The van der Waals surface area contributed by atoms with E-state index in [9.17, 15) is 17.6 Å². The number of carbonyl (C=O) groups is 1. The van der Waals surface area contributed by atoms with E-state index in [-0.39, 0.29) is 17.8 Å². The molecule has 1 aliphatic rings. The van der Waals surface area contributed by atoms with Gasteiger partial charge < -0.3 is 10.2 Å². The zero-order chi connectivity index (χ0) is 19.6. The lowest BCUT2D eigenvalue weighted by molar-refractivity contribution is 0.0634. The van der Waals surface area contributed by atoms with Crippen molar-refractivity contribution in [1.82, 2.24) is 10.2 Å². The van der Waals surface area contributed by atoms with Crippen molar-refractivity contribution in [2.75, 3.05) is 30.6 Å². The average molecular weight is 391 g/mol. The Morgan fingerprint density at radius 2 is 2.04 bits per heavy atom. The van der Waals surface area contributed by atoms with Gasteiger partial charge in [0.2, 0.25) is 10.0 Å². The monoisotopic (exact) mass is 391 g/mol. The van der Waals surface area contributed by atoms with Crippen LogP contribution < -0.4 is 10.0 Å². The van der Waals surface area contributed by atoms with E-state index in [1.165, 1.54) is 12.1 Å². The second-order valence-corrected chi connectivity index (χ2v) is 8.43. The molecule has 0 bridgehead atoms. The van der Waals surface area contributed by atoms with Crippen LogP contribution in [-0.2, 0) is 10.0 Å². The minimum absolute atomic E-state index is 0.220. The summed E-state index contributed by atoms with van der Waals surface area (Å²) in [5, 5.41) is 3.23. The van der Waals surface area contributed by atoms with Crippen molar-refractivity contribution in [1.29, 1.82) is 0 Å². The van der Waals surface area contributed by atoms with Crippen LogP contribution in [0.25, 0.3) is 0 Å². The third-order valence-electron chi connectivity index (χ3n) is 4.52. The average Bonchev–Trinajstić information content (AvgIpc) is 2.62. The summed E-state index contributed by atoms with van der Waals surface area (Å²) in [7, 11) is -3.45. The Balaban J connectivity index is 1.92. The number of carbonyl (C=O) groups excluding carboxylic acids is 1. The number of anilines is 1. The predicted molar refractivity (Wildman–Crippen MR) is 103 cm³/mol. The number of hydrogen-bond acceptors (Lipinski definition) is 4. The molecule has 0 aliphatic carbocycles. The van der Waals surface area contributed by atoms with Gasteiger partial charge in [-0.3, -0.25) is 9.52 Å². The highest BCUT2D eigenvalue weighted by Gasteiger charge is 2.29. The molecular formula is C19H22FN3O3S. The Morgan fingerprint density at radius 3 is 2.74 bits per heavy atom. The first-order valence-corrected chi connectivity index (χ1v) is 10.5. The van der Waals surface area contributed by atoms with Crippen LogP contribution in [0.15, 0.2) is 42.5 Å². The Bertz CT molecular complexity index is 962. The van der Waals surface area contributed by atoms with Crippen LogP contribution in [0, 0.1) is 12.7 Å². The molecule has 0 saturated carbocycles. The molecule has 2 aromatic carbocycles. The molecule has 3 rings (SSSR count). The number of benzene rings is 2. The number of halogens is 1. The van der Waals surface area contributed by atoms with Crippen molar-refractivity contribution in [3.05, 3.63) is 65.0 Å². The summed E-state index contributed by atoms with van der Waals surface area (Å²) in [6.07, 6.45) is 1.07. The number of sulfonamides is 1. The number of piperazine rings is 1. The molecule has 1 aliphatic heterocycles. The van der Waals surface area contributed by atoms with Crippen molar-refractivity contribution >= 4 is 21.6 Å². The van der Waals surface area contributed by atoms with Crippen molar-refractivity contribution in [2.45, 2.75) is 13.0 Å². The topological polar surface area (TPSA) is 78.5 Å². The van der Waals surface area contributed by atoms with Gasteiger partial charge in [0, 0.05) is 25.2 Å². The molecule has 1 unspecified atom stereocenters. The highest BCUT2D eigenvalue weighted by molar-refractivity contribution is 7.92. The number of hydrogen-bond donors (Lipinski definition) is 2. The molecule has 0 spiro atoms. The quantitative estimate of drug-likeness (QED) is 0.838. The number of nitrogens with zero attached hydrogens (tertiary/aromatic N) is 1. The van der Waals surface area contributed by atoms with Crippen LogP contribution in [0.1, 0.15) is 27.5 Å². The third kappa shape index (κ3) is 4.64. The van der Waals surface area contributed by atoms with Gasteiger partial charge >= 0.3 is 0 Å². The summed E-state index contributed by atoms with van der Waals surface area (Å²) in [6, 6.07) is 10.9. The molecule has 1 fully saturated rings. The Kier molecular flexibility index (Phi) is 5.48. The van der Waals surface area contributed by atoms with Crippen LogP contribution in [0.5, 0.6) is 0 Å². The van der Waals surface area contributed by atoms with Gasteiger partial charge in [-0.25, -0.2) is 12.8 Å². The molecule has 1 amide bonds. The molecule has 1 heterocycles. The highest BCUT2D eigenvalue weighted by atomic mass is 32.2. The van der Waals surface area contributed by atoms with Gasteiger partial charge in [-0.05, 0) is 42.3 Å². The minimum Gasteiger partial charge on any atom is -0.329 e. The van der Waals surface area contributed by atoms with Crippen LogP contribution in [0.2, 0.25) is 0 Å². The fourth-order valence-electron chi connectivity index (χ4n) is 3.19. The minimum atomic E-state index is -3.45. The second-order valence-electron chi connectivity index (χ2n) is 6.68. The van der Waals surface area contributed by atoms with E-state index in [4.69, 9.17) is 0 Å². The zero-order valence-corrected chi connectivity index (χ0v) is 16.0. The van der Waals surface area contributed by atoms with E-state index in [1.54, 1.807) is 42.2 Å². The van der Waals surface area contributed by atoms with Gasteiger partial charge in [-0.1, -0.05) is 18.2 Å². The fraction of sp³-hybridized carbons (Fsp3) is 0.316. The number of rotatable bonds is 4. The molecule has 6 nitrogen and oxygen atoms in total. The maximum atomic E-state index is 13.6. The summed E-state index contributed by atoms with van der Waals surface area (Å²) in [4.78, 5) is 14.8. The normalized spacial score (nSPS) is 17.6. The largest absolute Gasteiger partial charge is 0.329 e. The van der Waals surface area contributed by atoms with Crippen molar-refractivity contribution in [3.8, 4) is 0 Å². The summed E-state index contributed by atoms with van der Waals surface area (Å²) >= 11 is 0. The molecule has 144 valence electrons. The van der Waals surface area contributed by atoms with Crippen LogP contribution in [-0.4, -0.2) is 45.1 Å². The molecule has 0 aromatic heterocycles. The summed E-state index contributed by atoms with van der Waals surface area (Å²) in [5.74, 6) is -0.567. The van der Waals surface area contributed by atoms with Crippen LogP contribution >= 0.6 is 0 Å². The van der Waals surface area contributed by atoms with Gasteiger partial charge in [0.1, 0.15) is 5.82 Å². The summed E-state index contributed by atoms with van der Waals surface area (Å²) in [5.41, 5.74) is 2.20. The smallest absolute Gasteiger partial charge is 0.254 e. The van der Waals surface area contributed by atoms with Crippen LogP contribution in [0.4, 0.5) is 10.1 Å². The number of aryl methyl sites for hydroxylation is 1. The van der Waals surface area contributed by atoms with Crippen molar-refractivity contribution < 1.29 is 17.6 Å². The first-order chi connectivity index (χ1) is 12.7. The van der Waals surface area contributed by atoms with Crippen molar-refractivity contribution in [3.63, 3.8) is 0 Å². The van der Waals surface area contributed by atoms with E-state index in [0.717, 1.165) is 17.4 Å². The predicted octanol–water partition coefficient (Wildman–Crippen LogP) is 2.29. The highest BCUT2D eigenvalue weighted by Crippen LogP contribution is 2.26. The lowest BCUT2D eigenvalue weighted by Crippen LogP contribution is -2.48. The number of nitrogens with one attached hydrogen (secondary N) is 2. The van der Waals surface area contributed by atoms with E-state index < -0.39 is 10.0 Å². The Hall–Kier alpha value is -2.45. The first kappa shape index (κ1) is 19.3. The van der Waals surface area contributed by atoms with E-state index in [1.807, 2.05) is 0 Å². The molecule has 27 heavy (non-hydrogen) atoms. The lowest BCUT2D eigenvalue weighted by Gasteiger charge is -2.36. The van der Waals surface area contributed by atoms with Gasteiger partial charge in [0.15, 0.2) is 0 Å². The molecule has 8 heteroatoms. The standard InChI is InChI=1S/C19H22FN3O3S/c1-13-6-7-15(11-17(13)22-27(2,25)26)19(24)23-9-8-21-12-18(23)14-4-3-5-16(20)10-14/h3-7,10-11,18,21-22H,8-9,12H2,1-2H3. The maximum Gasteiger partial charge on any atom is 0.254 e. The number of amides is 1. The molecule has 2 aromatic rings. The molecule has 1 saturated heterocycles. The Morgan fingerprint density at radius 1 is 1.26 bits per heavy atom. The van der Waals surface area contributed by atoms with Gasteiger partial charge in [-0.2, -0.15) is 0 Å². The van der Waals surface area contributed by atoms with E-state index in [2.05, 4.69) is 10.0 Å². The lowest BCUT2D eigenvalue weighted by atomic mass is 10.0. The third-order valence-corrected chi connectivity index (χ3v) is 5.11. The van der Waals surface area contributed by atoms with Gasteiger partial charge in [-0.15, -0.1) is 0 Å². The van der Waals surface area contributed by atoms with Crippen molar-refractivity contribution in [2.24, 2.45) is 0 Å². The SMILES string of the molecule is Cc1ccc(C(=O)N2CCNCC2c2cccc(F)c2)cc1NS(C)(=O)=O. The summed E-state index contributed by atoms with van der Waals surface area (Å²) < 4.78 is 39.2. The van der Waals surface area contributed by atoms with Gasteiger partial charge in [0.25, 0.3) is 5.91 Å². The molecular weight excluding hydrogens is 369 g/mol. The van der Waals surface area contributed by atoms with E-state index >= 15 is 0 Å². The first-order valence-electron chi connectivity index (χ1n) is 8.60. The molecule has 2 N–H and O–H groups in total. The fourth-order valence-corrected chi connectivity index (χ4v) is 3.81. The molecule has 1 atom stereocenters. The Labute approximate surface area is 158 Å². The van der Waals surface area contributed by atoms with E-state index in [0.29, 0.717) is 30.9 Å². The zero-order valence-electron chi connectivity index (χ0n) is 15.2. The maximum absolute atomic E-state index is 13.6. The summed E-state index contributed by atoms with van der Waals surface area (Å²) in [6.45, 7) is 3.40. The van der Waals surface area contributed by atoms with Gasteiger partial charge in [0.05, 0.1) is 18.0 Å². The second kappa shape index (κ2) is 7.66.